The highest BCUT2D eigenvalue weighted by molar-refractivity contribution is 9.08. The molecule has 16 heavy (non-hydrogen) atoms. The van der Waals surface area contributed by atoms with Crippen LogP contribution in [0.3, 0.4) is 0 Å². The molecule has 0 heterocycles. The highest BCUT2D eigenvalue weighted by Gasteiger charge is 2.09. The zero-order valence-corrected chi connectivity index (χ0v) is 14.7. The minimum atomic E-state index is 0. The SMILES string of the molecule is C[N+](C)(C)Cc1cc(CBr)cc(CBr)c1.[Br-]. The molecule has 0 radical (unpaired) electrons. The third kappa shape index (κ3) is 5.80. The van der Waals surface area contributed by atoms with Crippen molar-refractivity contribution in [3.63, 3.8) is 0 Å². The topological polar surface area (TPSA) is 0 Å². The molecule has 0 aliphatic heterocycles. The normalized spacial score (nSPS) is 11.1. The van der Waals surface area contributed by atoms with E-state index in [1.165, 1.54) is 16.7 Å². The van der Waals surface area contributed by atoms with Gasteiger partial charge in [-0.3, -0.25) is 0 Å². The highest BCUT2D eigenvalue weighted by atomic mass is 79.9. The summed E-state index contributed by atoms with van der Waals surface area (Å²) in [6, 6.07) is 6.80. The molecule has 4 heteroatoms. The summed E-state index contributed by atoms with van der Waals surface area (Å²) < 4.78 is 0.966. The van der Waals surface area contributed by atoms with Crippen LogP contribution in [0.15, 0.2) is 18.2 Å². The number of alkyl halides is 2. The summed E-state index contributed by atoms with van der Waals surface area (Å²) >= 11 is 7.03. The van der Waals surface area contributed by atoms with Gasteiger partial charge in [-0.05, 0) is 23.3 Å². The second-order valence-corrected chi connectivity index (χ2v) is 5.99. The first-order valence-corrected chi connectivity index (χ1v) is 7.23. The minimum absolute atomic E-state index is 0. The molecule has 0 aliphatic carbocycles. The van der Waals surface area contributed by atoms with E-state index in [1.54, 1.807) is 0 Å². The lowest BCUT2D eigenvalue weighted by atomic mass is 10.1. The lowest BCUT2D eigenvalue weighted by Crippen LogP contribution is -3.00. The summed E-state index contributed by atoms with van der Waals surface area (Å²) in [5.41, 5.74) is 4.12. The van der Waals surface area contributed by atoms with Crippen molar-refractivity contribution in [2.75, 3.05) is 21.1 Å². The van der Waals surface area contributed by atoms with Crippen LogP contribution in [-0.4, -0.2) is 25.6 Å². The fourth-order valence-electron chi connectivity index (χ4n) is 1.63. The van der Waals surface area contributed by atoms with Gasteiger partial charge in [-0.1, -0.05) is 37.9 Å². The Morgan fingerprint density at radius 2 is 1.25 bits per heavy atom. The summed E-state index contributed by atoms with van der Waals surface area (Å²) in [4.78, 5) is 0. The smallest absolute Gasteiger partial charge is 0.104 e. The third-order valence-corrected chi connectivity index (χ3v) is 3.37. The summed E-state index contributed by atoms with van der Waals surface area (Å²) in [5, 5.41) is 1.86. The number of halogens is 3. The summed E-state index contributed by atoms with van der Waals surface area (Å²) in [6.45, 7) is 1.07. The van der Waals surface area contributed by atoms with Crippen molar-refractivity contribution in [3.8, 4) is 0 Å². The predicted molar refractivity (Wildman–Crippen MR) is 73.4 cm³/mol. The Kier molecular flexibility index (Phi) is 7.42. The Balaban J connectivity index is 0.00000225. The first-order valence-electron chi connectivity index (χ1n) is 4.99. The molecule has 0 unspecified atom stereocenters. The lowest BCUT2D eigenvalue weighted by Gasteiger charge is -2.24. The van der Waals surface area contributed by atoms with Crippen LogP contribution in [0.5, 0.6) is 0 Å². The molecule has 1 aromatic carbocycles. The van der Waals surface area contributed by atoms with Crippen molar-refractivity contribution in [2.24, 2.45) is 0 Å². The number of benzene rings is 1. The van der Waals surface area contributed by atoms with Gasteiger partial charge in [0.15, 0.2) is 0 Å². The van der Waals surface area contributed by atoms with E-state index in [4.69, 9.17) is 0 Å². The van der Waals surface area contributed by atoms with Crippen LogP contribution in [0.25, 0.3) is 0 Å². The standard InChI is InChI=1S/C12H18Br2N.BrH/c1-15(2,3)9-12-5-10(7-13)4-11(6-12)8-14;/h4-6H,7-9H2,1-3H3;1H/q+1;/p-1. The molecular weight excluding hydrogens is 398 g/mol. The van der Waals surface area contributed by atoms with Gasteiger partial charge in [0.05, 0.1) is 21.1 Å². The molecule has 1 aromatic rings. The molecule has 0 aliphatic rings. The fraction of sp³-hybridized carbons (Fsp3) is 0.500. The van der Waals surface area contributed by atoms with E-state index < -0.39 is 0 Å². The van der Waals surface area contributed by atoms with Crippen LogP contribution in [0, 0.1) is 0 Å². The van der Waals surface area contributed by atoms with E-state index in [2.05, 4.69) is 71.2 Å². The van der Waals surface area contributed by atoms with Crippen LogP contribution in [0.2, 0.25) is 0 Å². The van der Waals surface area contributed by atoms with Crippen LogP contribution in [0.4, 0.5) is 0 Å². The molecule has 1 rings (SSSR count). The van der Waals surface area contributed by atoms with E-state index in [0.29, 0.717) is 0 Å². The largest absolute Gasteiger partial charge is 1.00 e. The zero-order chi connectivity index (χ0) is 11.5. The molecule has 0 fully saturated rings. The Hall–Kier alpha value is 0.620. The molecule has 0 saturated heterocycles. The van der Waals surface area contributed by atoms with Gasteiger partial charge in [0.25, 0.3) is 0 Å². The van der Waals surface area contributed by atoms with Crippen molar-refractivity contribution in [1.29, 1.82) is 0 Å². The van der Waals surface area contributed by atoms with Gasteiger partial charge in [-0.2, -0.15) is 0 Å². The summed E-state index contributed by atoms with van der Waals surface area (Å²) in [5.74, 6) is 0. The molecule has 0 amide bonds. The Labute approximate surface area is 126 Å². The van der Waals surface area contributed by atoms with Crippen molar-refractivity contribution in [3.05, 3.63) is 34.9 Å². The third-order valence-electron chi connectivity index (χ3n) is 2.08. The van der Waals surface area contributed by atoms with Gasteiger partial charge in [0.2, 0.25) is 0 Å². The van der Waals surface area contributed by atoms with E-state index in [-0.39, 0.29) is 17.0 Å². The van der Waals surface area contributed by atoms with Crippen LogP contribution >= 0.6 is 31.9 Å². The average Bonchev–Trinajstić information content (AvgIpc) is 2.14. The summed E-state index contributed by atoms with van der Waals surface area (Å²) in [7, 11) is 6.65. The lowest BCUT2D eigenvalue weighted by molar-refractivity contribution is -0.884. The van der Waals surface area contributed by atoms with E-state index in [0.717, 1.165) is 21.7 Å². The molecule has 92 valence electrons. The Morgan fingerprint density at radius 3 is 1.56 bits per heavy atom. The highest BCUT2D eigenvalue weighted by Crippen LogP contribution is 2.17. The molecule has 1 nitrogen and oxygen atoms in total. The van der Waals surface area contributed by atoms with E-state index >= 15 is 0 Å². The molecule has 0 aromatic heterocycles. The molecular formula is C12H18Br3N. The van der Waals surface area contributed by atoms with Gasteiger partial charge in [-0.25, -0.2) is 0 Å². The van der Waals surface area contributed by atoms with Gasteiger partial charge in [0, 0.05) is 16.2 Å². The maximum atomic E-state index is 3.51. The number of rotatable bonds is 4. The molecule has 0 bridgehead atoms. The number of hydrogen-bond donors (Lipinski definition) is 0. The van der Waals surface area contributed by atoms with Crippen LogP contribution in [0.1, 0.15) is 16.7 Å². The Morgan fingerprint density at radius 1 is 0.875 bits per heavy atom. The van der Waals surface area contributed by atoms with Crippen molar-refractivity contribution >= 4 is 31.9 Å². The predicted octanol–water partition coefficient (Wildman–Crippen LogP) is 0.687. The van der Waals surface area contributed by atoms with Crippen molar-refractivity contribution in [2.45, 2.75) is 17.2 Å². The molecule has 0 atom stereocenters. The molecule has 0 N–H and O–H groups in total. The molecule has 0 spiro atoms. The van der Waals surface area contributed by atoms with Crippen LogP contribution < -0.4 is 17.0 Å². The van der Waals surface area contributed by atoms with Gasteiger partial charge in [0.1, 0.15) is 6.54 Å². The number of nitrogens with zero attached hydrogens (tertiary/aromatic N) is 1. The zero-order valence-electron chi connectivity index (χ0n) is 9.93. The molecule has 0 saturated carbocycles. The number of quaternary nitrogens is 1. The maximum Gasteiger partial charge on any atom is 0.104 e. The quantitative estimate of drug-likeness (QED) is 0.501. The fourth-order valence-corrected chi connectivity index (χ4v) is 2.28. The van der Waals surface area contributed by atoms with E-state index in [1.807, 2.05) is 0 Å². The second-order valence-electron chi connectivity index (χ2n) is 4.87. The summed E-state index contributed by atoms with van der Waals surface area (Å²) in [6.07, 6.45) is 0. The van der Waals surface area contributed by atoms with Crippen molar-refractivity contribution in [1.82, 2.24) is 0 Å². The van der Waals surface area contributed by atoms with E-state index in [9.17, 15) is 0 Å². The monoisotopic (exact) mass is 413 g/mol. The van der Waals surface area contributed by atoms with Crippen molar-refractivity contribution < 1.29 is 21.5 Å². The Bertz CT molecular complexity index is 309. The van der Waals surface area contributed by atoms with Gasteiger partial charge < -0.3 is 21.5 Å². The second kappa shape index (κ2) is 7.14. The minimum Gasteiger partial charge on any atom is -1.00 e. The van der Waals surface area contributed by atoms with Crippen LogP contribution in [-0.2, 0) is 17.2 Å². The first kappa shape index (κ1) is 16.6. The average molecular weight is 416 g/mol. The van der Waals surface area contributed by atoms with Gasteiger partial charge in [-0.15, -0.1) is 0 Å². The maximum absolute atomic E-state index is 3.51. The van der Waals surface area contributed by atoms with Gasteiger partial charge >= 0.3 is 0 Å². The number of hydrogen-bond acceptors (Lipinski definition) is 0. The first-order chi connectivity index (χ1) is 6.94.